The Hall–Kier alpha value is -2.50. The van der Waals surface area contributed by atoms with Crippen LogP contribution in [-0.4, -0.2) is 10.9 Å². The average Bonchev–Trinajstić information content (AvgIpc) is 2.33. The molecule has 2 rings (SSSR count). The van der Waals surface area contributed by atoms with Gasteiger partial charge in [-0.25, -0.2) is 13.8 Å². The summed E-state index contributed by atoms with van der Waals surface area (Å²) in [6.07, 6.45) is 1.50. The van der Waals surface area contributed by atoms with E-state index in [1.165, 1.54) is 6.20 Å². The number of aromatic nitrogens is 1. The second-order valence-electron chi connectivity index (χ2n) is 4.03. The SMILES string of the molecule is Cc1ccnc(NC(=O)c2cc(F)cc(N)c2F)c1. The number of halogens is 2. The molecule has 98 valence electrons. The number of amides is 1. The predicted molar refractivity (Wildman–Crippen MR) is 67.7 cm³/mol. The fraction of sp³-hybridized carbons (Fsp3) is 0.0769. The molecule has 1 amide bonds. The molecule has 0 aliphatic heterocycles. The first kappa shape index (κ1) is 12.9. The molecular weight excluding hydrogens is 252 g/mol. The second kappa shape index (κ2) is 5.01. The summed E-state index contributed by atoms with van der Waals surface area (Å²) < 4.78 is 26.8. The Balaban J connectivity index is 2.30. The molecule has 0 aliphatic carbocycles. The molecule has 19 heavy (non-hydrogen) atoms. The van der Waals surface area contributed by atoms with Crippen molar-refractivity contribution in [2.75, 3.05) is 11.1 Å². The highest BCUT2D eigenvalue weighted by Crippen LogP contribution is 2.18. The Labute approximate surface area is 108 Å². The highest BCUT2D eigenvalue weighted by Gasteiger charge is 2.16. The number of rotatable bonds is 2. The second-order valence-corrected chi connectivity index (χ2v) is 4.03. The van der Waals surface area contributed by atoms with Crippen LogP contribution < -0.4 is 11.1 Å². The number of benzene rings is 1. The molecule has 0 spiro atoms. The lowest BCUT2D eigenvalue weighted by atomic mass is 10.1. The number of pyridine rings is 1. The Morgan fingerprint density at radius 2 is 2.05 bits per heavy atom. The summed E-state index contributed by atoms with van der Waals surface area (Å²) in [7, 11) is 0. The normalized spacial score (nSPS) is 10.3. The molecule has 1 aromatic carbocycles. The van der Waals surface area contributed by atoms with Crippen LogP contribution >= 0.6 is 0 Å². The van der Waals surface area contributed by atoms with E-state index >= 15 is 0 Å². The van der Waals surface area contributed by atoms with Crippen molar-refractivity contribution in [2.45, 2.75) is 6.92 Å². The molecule has 0 unspecified atom stereocenters. The third kappa shape index (κ3) is 2.85. The molecule has 3 N–H and O–H groups in total. The van der Waals surface area contributed by atoms with Crippen LogP contribution in [0.3, 0.4) is 0 Å². The van der Waals surface area contributed by atoms with Gasteiger partial charge in [0, 0.05) is 6.20 Å². The number of nitrogen functional groups attached to an aromatic ring is 1. The maximum atomic E-state index is 13.6. The zero-order chi connectivity index (χ0) is 14.0. The van der Waals surface area contributed by atoms with Crippen molar-refractivity contribution in [3.63, 3.8) is 0 Å². The predicted octanol–water partition coefficient (Wildman–Crippen LogP) is 2.50. The van der Waals surface area contributed by atoms with E-state index < -0.39 is 28.8 Å². The summed E-state index contributed by atoms with van der Waals surface area (Å²) in [4.78, 5) is 15.7. The number of carbonyl (C=O) groups excluding carboxylic acids is 1. The largest absolute Gasteiger partial charge is 0.396 e. The number of nitrogens with one attached hydrogen (secondary N) is 1. The molecular formula is C13H11F2N3O. The lowest BCUT2D eigenvalue weighted by Crippen LogP contribution is -2.16. The topological polar surface area (TPSA) is 68.0 Å². The number of nitrogens with zero attached hydrogens (tertiary/aromatic N) is 1. The Morgan fingerprint density at radius 3 is 2.74 bits per heavy atom. The third-order valence-corrected chi connectivity index (χ3v) is 2.47. The van der Waals surface area contributed by atoms with Crippen LogP contribution in [0.15, 0.2) is 30.5 Å². The maximum Gasteiger partial charge on any atom is 0.259 e. The summed E-state index contributed by atoms with van der Waals surface area (Å²) in [6, 6.07) is 4.96. The Bertz CT molecular complexity index is 644. The van der Waals surface area contributed by atoms with Gasteiger partial charge in [0.25, 0.3) is 5.91 Å². The molecule has 0 aliphatic rings. The number of hydrogen-bond acceptors (Lipinski definition) is 3. The van der Waals surface area contributed by atoms with Gasteiger partial charge in [0.2, 0.25) is 0 Å². The van der Waals surface area contributed by atoms with Crippen LogP contribution in [0.4, 0.5) is 20.3 Å². The van der Waals surface area contributed by atoms with E-state index in [0.29, 0.717) is 0 Å². The minimum Gasteiger partial charge on any atom is -0.396 e. The van der Waals surface area contributed by atoms with Gasteiger partial charge in [0.1, 0.15) is 11.6 Å². The molecule has 0 radical (unpaired) electrons. The van der Waals surface area contributed by atoms with Gasteiger partial charge in [-0.05, 0) is 36.8 Å². The van der Waals surface area contributed by atoms with Gasteiger partial charge in [0.15, 0.2) is 5.82 Å². The Morgan fingerprint density at radius 1 is 1.32 bits per heavy atom. The van der Waals surface area contributed by atoms with Crippen molar-refractivity contribution < 1.29 is 13.6 Å². The van der Waals surface area contributed by atoms with E-state index in [4.69, 9.17) is 5.73 Å². The van der Waals surface area contributed by atoms with E-state index in [1.54, 1.807) is 12.1 Å². The lowest BCUT2D eigenvalue weighted by Gasteiger charge is -2.07. The molecule has 4 nitrogen and oxygen atoms in total. The van der Waals surface area contributed by atoms with Crippen molar-refractivity contribution in [1.29, 1.82) is 0 Å². The van der Waals surface area contributed by atoms with Crippen molar-refractivity contribution in [3.05, 3.63) is 53.2 Å². The third-order valence-electron chi connectivity index (χ3n) is 2.47. The first-order valence-electron chi connectivity index (χ1n) is 5.46. The minimum atomic E-state index is -0.952. The number of nitrogens with two attached hydrogens (primary N) is 1. The number of hydrogen-bond donors (Lipinski definition) is 2. The monoisotopic (exact) mass is 263 g/mol. The maximum absolute atomic E-state index is 13.6. The molecule has 0 fully saturated rings. The van der Waals surface area contributed by atoms with Gasteiger partial charge >= 0.3 is 0 Å². The van der Waals surface area contributed by atoms with Gasteiger partial charge in [-0.1, -0.05) is 0 Å². The minimum absolute atomic E-state index is 0.257. The van der Waals surface area contributed by atoms with Crippen molar-refractivity contribution in [3.8, 4) is 0 Å². The first-order chi connectivity index (χ1) is 8.97. The summed E-state index contributed by atoms with van der Waals surface area (Å²) in [5, 5.41) is 2.38. The Kier molecular flexibility index (Phi) is 3.41. The summed E-state index contributed by atoms with van der Waals surface area (Å²) in [5.41, 5.74) is 5.27. The van der Waals surface area contributed by atoms with Gasteiger partial charge in [-0.15, -0.1) is 0 Å². The molecule has 1 aromatic heterocycles. The zero-order valence-corrected chi connectivity index (χ0v) is 10.1. The quantitative estimate of drug-likeness (QED) is 0.818. The summed E-state index contributed by atoms with van der Waals surface area (Å²) in [6.45, 7) is 1.82. The first-order valence-corrected chi connectivity index (χ1v) is 5.46. The molecule has 1 heterocycles. The van der Waals surface area contributed by atoms with Crippen molar-refractivity contribution >= 4 is 17.4 Å². The highest BCUT2D eigenvalue weighted by atomic mass is 19.1. The smallest absolute Gasteiger partial charge is 0.259 e. The molecule has 0 saturated heterocycles. The van der Waals surface area contributed by atoms with Gasteiger partial charge in [0.05, 0.1) is 11.3 Å². The van der Waals surface area contributed by atoms with E-state index in [-0.39, 0.29) is 5.82 Å². The molecule has 0 atom stereocenters. The summed E-state index contributed by atoms with van der Waals surface area (Å²) >= 11 is 0. The fourth-order valence-corrected chi connectivity index (χ4v) is 1.56. The van der Waals surface area contributed by atoms with Crippen LogP contribution in [0.2, 0.25) is 0 Å². The van der Waals surface area contributed by atoms with E-state index in [9.17, 15) is 13.6 Å². The zero-order valence-electron chi connectivity index (χ0n) is 10.1. The van der Waals surface area contributed by atoms with Crippen LogP contribution in [0.5, 0.6) is 0 Å². The van der Waals surface area contributed by atoms with Crippen molar-refractivity contribution in [1.82, 2.24) is 4.98 Å². The van der Waals surface area contributed by atoms with Crippen molar-refractivity contribution in [2.24, 2.45) is 0 Å². The van der Waals surface area contributed by atoms with Gasteiger partial charge < -0.3 is 11.1 Å². The van der Waals surface area contributed by atoms with Crippen LogP contribution in [0.25, 0.3) is 0 Å². The highest BCUT2D eigenvalue weighted by molar-refractivity contribution is 6.04. The van der Waals surface area contributed by atoms with E-state index in [2.05, 4.69) is 10.3 Å². The van der Waals surface area contributed by atoms with Gasteiger partial charge in [-0.2, -0.15) is 0 Å². The van der Waals surface area contributed by atoms with Gasteiger partial charge in [-0.3, -0.25) is 4.79 Å². The van der Waals surface area contributed by atoms with E-state index in [0.717, 1.165) is 17.7 Å². The average molecular weight is 263 g/mol. The van der Waals surface area contributed by atoms with Crippen LogP contribution in [0.1, 0.15) is 15.9 Å². The van der Waals surface area contributed by atoms with Crippen LogP contribution in [0, 0.1) is 18.6 Å². The number of anilines is 2. The standard InChI is InChI=1S/C13H11F2N3O/c1-7-2-3-17-11(4-7)18-13(19)9-5-8(14)6-10(16)12(9)15/h2-6H,16H2,1H3,(H,17,18,19). The lowest BCUT2D eigenvalue weighted by molar-refractivity contribution is 0.102. The molecule has 0 saturated carbocycles. The fourth-order valence-electron chi connectivity index (χ4n) is 1.56. The summed E-state index contributed by atoms with van der Waals surface area (Å²) in [5.74, 6) is -2.28. The van der Waals surface area contributed by atoms with Crippen LogP contribution in [-0.2, 0) is 0 Å². The molecule has 0 bridgehead atoms. The molecule has 2 aromatic rings. The van der Waals surface area contributed by atoms with E-state index in [1.807, 2.05) is 6.92 Å². The molecule has 6 heteroatoms. The number of aryl methyl sites for hydroxylation is 1. The number of carbonyl (C=O) groups is 1.